The lowest BCUT2D eigenvalue weighted by Crippen LogP contribution is -2.11. The van der Waals surface area contributed by atoms with Crippen LogP contribution in [-0.4, -0.2) is 0 Å². The van der Waals surface area contributed by atoms with Crippen LogP contribution in [0.5, 0.6) is 0 Å². The van der Waals surface area contributed by atoms with Crippen LogP contribution in [0.15, 0.2) is 30.4 Å². The highest BCUT2D eigenvalue weighted by Crippen LogP contribution is 2.50. The molecular weight excluding hydrogens is 205 g/mol. The van der Waals surface area contributed by atoms with Gasteiger partial charge in [0.1, 0.15) is 12.2 Å². The Morgan fingerprint density at radius 3 is 2.53 bits per heavy atom. The Balaban J connectivity index is 2.22. The average Bonchev–Trinajstić information content (AvgIpc) is 2.76. The van der Waals surface area contributed by atoms with Gasteiger partial charge in [0.05, 0.1) is 5.56 Å². The number of alkyl halides is 3. The van der Waals surface area contributed by atoms with Gasteiger partial charge in [-0.3, -0.25) is 0 Å². The zero-order chi connectivity index (χ0) is 10.6. The molecule has 0 aromatic heterocycles. The Morgan fingerprint density at radius 1 is 1.07 bits per heavy atom. The van der Waals surface area contributed by atoms with Crippen molar-refractivity contribution in [3.63, 3.8) is 0 Å². The Labute approximate surface area is 84.2 Å². The molecule has 1 aromatic carbocycles. The molecule has 2 bridgehead atoms. The molecule has 15 heavy (non-hydrogen) atoms. The first-order chi connectivity index (χ1) is 7.07. The van der Waals surface area contributed by atoms with Gasteiger partial charge in [0, 0.05) is 5.56 Å². The van der Waals surface area contributed by atoms with Gasteiger partial charge in [0.15, 0.2) is 0 Å². The van der Waals surface area contributed by atoms with E-state index in [0.29, 0.717) is 5.56 Å². The first kappa shape index (κ1) is 8.97. The molecule has 1 nitrogen and oxygen atoms in total. The number of hydrogen-bond donors (Lipinski definition) is 0. The van der Waals surface area contributed by atoms with Crippen LogP contribution < -0.4 is 0 Å². The number of fused-ring (bicyclic) bond motifs is 5. The Kier molecular flexibility index (Phi) is 1.58. The molecule has 0 saturated heterocycles. The fourth-order valence-electron chi connectivity index (χ4n) is 2.19. The van der Waals surface area contributed by atoms with Crippen molar-refractivity contribution in [2.75, 3.05) is 0 Å². The fourth-order valence-corrected chi connectivity index (χ4v) is 2.19. The highest BCUT2D eigenvalue weighted by molar-refractivity contribution is 5.48. The predicted octanol–water partition coefficient (Wildman–Crippen LogP) is 3.39. The predicted molar refractivity (Wildman–Crippen MR) is 47.2 cm³/mol. The highest BCUT2D eigenvalue weighted by atomic mass is 19.4. The van der Waals surface area contributed by atoms with Gasteiger partial charge in [-0.05, 0) is 11.6 Å². The number of hydrogen-bond acceptors (Lipinski definition) is 1. The average molecular weight is 212 g/mol. The van der Waals surface area contributed by atoms with Crippen molar-refractivity contribution < 1.29 is 17.9 Å². The van der Waals surface area contributed by atoms with Crippen LogP contribution in [0.3, 0.4) is 0 Å². The lowest BCUT2D eigenvalue weighted by Gasteiger charge is -2.15. The van der Waals surface area contributed by atoms with Crippen LogP contribution in [0.1, 0.15) is 28.9 Å². The van der Waals surface area contributed by atoms with Crippen molar-refractivity contribution in [2.24, 2.45) is 0 Å². The molecule has 2 aliphatic heterocycles. The summed E-state index contributed by atoms with van der Waals surface area (Å²) in [6.07, 6.45) is -1.61. The molecule has 3 rings (SSSR count). The summed E-state index contributed by atoms with van der Waals surface area (Å²) >= 11 is 0. The van der Waals surface area contributed by atoms with E-state index in [1.807, 2.05) is 0 Å². The van der Waals surface area contributed by atoms with Crippen molar-refractivity contribution in [2.45, 2.75) is 18.4 Å². The largest absolute Gasteiger partial charge is 0.416 e. The number of ether oxygens (including phenoxy) is 1. The van der Waals surface area contributed by atoms with Gasteiger partial charge in [-0.1, -0.05) is 24.3 Å². The summed E-state index contributed by atoms with van der Waals surface area (Å²) in [7, 11) is 0. The van der Waals surface area contributed by atoms with Gasteiger partial charge in [-0.2, -0.15) is 13.2 Å². The third-order valence-electron chi connectivity index (χ3n) is 2.79. The Bertz CT molecular complexity index is 448. The van der Waals surface area contributed by atoms with Crippen molar-refractivity contribution in [1.29, 1.82) is 0 Å². The SMILES string of the molecule is FC(F)(F)c1cccc2c1[C@@H]1C=C[C@@H]2O1. The minimum Gasteiger partial charge on any atom is -0.357 e. The van der Waals surface area contributed by atoms with E-state index >= 15 is 0 Å². The molecular formula is C11H7F3O. The molecule has 0 fully saturated rings. The first-order valence-corrected chi connectivity index (χ1v) is 4.61. The number of benzene rings is 1. The minimum atomic E-state index is -4.30. The molecule has 0 amide bonds. The van der Waals surface area contributed by atoms with Gasteiger partial charge in [-0.25, -0.2) is 0 Å². The van der Waals surface area contributed by atoms with Crippen LogP contribution in [-0.2, 0) is 10.9 Å². The maximum absolute atomic E-state index is 12.7. The van der Waals surface area contributed by atoms with Crippen LogP contribution >= 0.6 is 0 Å². The molecule has 0 unspecified atom stereocenters. The smallest absolute Gasteiger partial charge is 0.357 e. The third kappa shape index (κ3) is 1.14. The summed E-state index contributed by atoms with van der Waals surface area (Å²) in [4.78, 5) is 0. The van der Waals surface area contributed by atoms with E-state index in [1.165, 1.54) is 6.07 Å². The van der Waals surface area contributed by atoms with Gasteiger partial charge in [0.2, 0.25) is 0 Å². The van der Waals surface area contributed by atoms with Gasteiger partial charge in [0.25, 0.3) is 0 Å². The lowest BCUT2D eigenvalue weighted by molar-refractivity contribution is -0.138. The zero-order valence-corrected chi connectivity index (χ0v) is 7.58. The standard InChI is InChI=1S/C11H7F3O/c12-11(13,14)7-3-1-2-6-8-4-5-9(15-8)10(6)7/h1-5,8-9H/t8-,9-/m0/s1. The quantitative estimate of drug-likeness (QED) is 0.599. The van der Waals surface area contributed by atoms with Crippen molar-refractivity contribution in [3.8, 4) is 0 Å². The van der Waals surface area contributed by atoms with Crippen LogP contribution in [0.4, 0.5) is 13.2 Å². The lowest BCUT2D eigenvalue weighted by atomic mass is 9.92. The topological polar surface area (TPSA) is 9.23 Å². The van der Waals surface area contributed by atoms with E-state index in [0.717, 1.165) is 6.07 Å². The van der Waals surface area contributed by atoms with Gasteiger partial charge >= 0.3 is 6.18 Å². The molecule has 2 atom stereocenters. The molecule has 2 aliphatic rings. The molecule has 0 saturated carbocycles. The Hall–Kier alpha value is -1.29. The van der Waals surface area contributed by atoms with E-state index in [4.69, 9.17) is 4.74 Å². The molecule has 0 aliphatic carbocycles. The first-order valence-electron chi connectivity index (χ1n) is 4.61. The monoisotopic (exact) mass is 212 g/mol. The number of rotatable bonds is 0. The maximum Gasteiger partial charge on any atom is 0.416 e. The fraction of sp³-hybridized carbons (Fsp3) is 0.273. The maximum atomic E-state index is 12.7. The second kappa shape index (κ2) is 2.64. The van der Waals surface area contributed by atoms with E-state index < -0.39 is 17.8 Å². The highest BCUT2D eigenvalue weighted by Gasteiger charge is 2.42. The van der Waals surface area contributed by atoms with E-state index in [9.17, 15) is 13.2 Å². The van der Waals surface area contributed by atoms with Crippen LogP contribution in [0.25, 0.3) is 0 Å². The van der Waals surface area contributed by atoms with E-state index in [-0.39, 0.29) is 11.7 Å². The second-order valence-corrected chi connectivity index (χ2v) is 3.67. The molecule has 2 heterocycles. The summed E-state index contributed by atoms with van der Waals surface area (Å²) in [6.45, 7) is 0. The molecule has 0 radical (unpaired) electrons. The van der Waals surface area contributed by atoms with E-state index in [2.05, 4.69) is 0 Å². The van der Waals surface area contributed by atoms with Crippen molar-refractivity contribution in [1.82, 2.24) is 0 Å². The van der Waals surface area contributed by atoms with Crippen molar-refractivity contribution >= 4 is 0 Å². The molecule has 0 spiro atoms. The number of halogens is 3. The van der Waals surface area contributed by atoms with Gasteiger partial charge < -0.3 is 4.74 Å². The second-order valence-electron chi connectivity index (χ2n) is 3.67. The van der Waals surface area contributed by atoms with Crippen LogP contribution in [0.2, 0.25) is 0 Å². The summed E-state index contributed by atoms with van der Waals surface area (Å²) in [5.74, 6) is 0. The van der Waals surface area contributed by atoms with Gasteiger partial charge in [-0.15, -0.1) is 0 Å². The van der Waals surface area contributed by atoms with Crippen molar-refractivity contribution in [3.05, 3.63) is 47.0 Å². The minimum absolute atomic E-state index is 0.285. The molecule has 1 aromatic rings. The third-order valence-corrected chi connectivity index (χ3v) is 2.79. The summed E-state index contributed by atoms with van der Waals surface area (Å²) < 4.78 is 43.4. The van der Waals surface area contributed by atoms with Crippen LogP contribution in [0, 0.1) is 0 Å². The summed E-state index contributed by atoms with van der Waals surface area (Å²) in [5.41, 5.74) is 0.367. The zero-order valence-electron chi connectivity index (χ0n) is 7.58. The molecule has 4 heteroatoms. The Morgan fingerprint density at radius 2 is 1.80 bits per heavy atom. The summed E-state index contributed by atoms with van der Waals surface area (Å²) in [5, 5.41) is 0. The molecule has 78 valence electrons. The normalized spacial score (nSPS) is 27.1. The summed E-state index contributed by atoms with van der Waals surface area (Å²) in [6, 6.07) is 4.23. The van der Waals surface area contributed by atoms with E-state index in [1.54, 1.807) is 18.2 Å². The molecule has 0 N–H and O–H groups in total.